The summed E-state index contributed by atoms with van der Waals surface area (Å²) in [5.74, 6) is 0.373. The Morgan fingerprint density at radius 3 is 2.83 bits per heavy atom. The van der Waals surface area contributed by atoms with E-state index in [1.165, 1.54) is 11.1 Å². The topological polar surface area (TPSA) is 47.8 Å². The number of nitrogens with zero attached hydrogens (tertiary/aromatic N) is 3. The number of carbonyl (C=O) groups is 1. The van der Waals surface area contributed by atoms with Gasteiger partial charge in [0.2, 0.25) is 0 Å². The summed E-state index contributed by atoms with van der Waals surface area (Å²) < 4.78 is 1.85. The lowest BCUT2D eigenvalue weighted by Crippen LogP contribution is -2.03. The van der Waals surface area contributed by atoms with Gasteiger partial charge in [0.05, 0.1) is 17.6 Å². The number of Topliss-reactive ketones (excluding diaryl/α,β-unsaturated/α-hetero) is 1. The number of hydrogen-bond donors (Lipinski definition) is 0. The molecule has 4 heteroatoms. The Hall–Kier alpha value is -2.75. The maximum absolute atomic E-state index is 11.5. The van der Waals surface area contributed by atoms with Crippen LogP contribution in [-0.2, 0) is 6.42 Å². The van der Waals surface area contributed by atoms with Crippen LogP contribution in [0.4, 0.5) is 0 Å². The number of ketones is 1. The van der Waals surface area contributed by atoms with E-state index in [-0.39, 0.29) is 5.78 Å². The van der Waals surface area contributed by atoms with Crippen molar-refractivity contribution in [1.29, 1.82) is 0 Å². The number of hydrogen-bond acceptors (Lipinski definition) is 3. The van der Waals surface area contributed by atoms with Crippen molar-refractivity contribution < 1.29 is 4.79 Å². The third-order valence-corrected chi connectivity index (χ3v) is 4.45. The minimum absolute atomic E-state index is 0.0150. The largest absolute Gasteiger partial charge is 0.294 e. The molecule has 0 bridgehead atoms. The Labute approximate surface area is 134 Å². The summed E-state index contributed by atoms with van der Waals surface area (Å²) in [6.45, 7) is 1.55. The van der Waals surface area contributed by atoms with Gasteiger partial charge in [0.1, 0.15) is 0 Å². The van der Waals surface area contributed by atoms with E-state index >= 15 is 0 Å². The van der Waals surface area contributed by atoms with Gasteiger partial charge < -0.3 is 0 Å². The van der Waals surface area contributed by atoms with E-state index < -0.39 is 0 Å². The van der Waals surface area contributed by atoms with E-state index in [0.717, 1.165) is 24.2 Å². The fourth-order valence-electron chi connectivity index (χ4n) is 3.23. The Morgan fingerprint density at radius 1 is 1.22 bits per heavy atom. The van der Waals surface area contributed by atoms with Crippen LogP contribution in [0.1, 0.15) is 46.4 Å². The molecule has 4 nitrogen and oxygen atoms in total. The average molecular weight is 303 g/mol. The number of aryl methyl sites for hydroxylation is 1. The maximum Gasteiger partial charge on any atom is 0.161 e. The minimum Gasteiger partial charge on any atom is -0.294 e. The highest BCUT2D eigenvalue weighted by molar-refractivity contribution is 5.94. The number of benzene rings is 1. The molecule has 1 aliphatic rings. The van der Waals surface area contributed by atoms with E-state index in [9.17, 15) is 4.79 Å². The molecule has 0 fully saturated rings. The highest BCUT2D eigenvalue weighted by Gasteiger charge is 2.27. The van der Waals surface area contributed by atoms with E-state index in [4.69, 9.17) is 5.10 Å². The van der Waals surface area contributed by atoms with Crippen LogP contribution in [0, 0.1) is 0 Å². The van der Waals surface area contributed by atoms with Crippen LogP contribution in [0.3, 0.4) is 0 Å². The molecule has 1 atom stereocenters. The van der Waals surface area contributed by atoms with E-state index in [1.54, 1.807) is 19.3 Å². The Balaban J connectivity index is 1.72. The SMILES string of the molecule is CC(=O)c1cncc(-n2cc3c(n2)C(c2ccccc2)CC3)c1. The first kappa shape index (κ1) is 13.9. The summed E-state index contributed by atoms with van der Waals surface area (Å²) in [6.07, 6.45) is 7.55. The van der Waals surface area contributed by atoms with E-state index in [2.05, 4.69) is 35.4 Å². The molecule has 2 heterocycles. The van der Waals surface area contributed by atoms with E-state index in [0.29, 0.717) is 11.5 Å². The molecule has 0 N–H and O–H groups in total. The Morgan fingerprint density at radius 2 is 2.04 bits per heavy atom. The van der Waals surface area contributed by atoms with Crippen molar-refractivity contribution in [2.75, 3.05) is 0 Å². The molecule has 0 saturated heterocycles. The molecule has 114 valence electrons. The van der Waals surface area contributed by atoms with Crippen molar-refractivity contribution in [2.24, 2.45) is 0 Å². The number of aromatic nitrogens is 3. The summed E-state index contributed by atoms with van der Waals surface area (Å²) >= 11 is 0. The number of pyridine rings is 1. The molecule has 1 aliphatic carbocycles. The second-order valence-corrected chi connectivity index (χ2v) is 5.97. The van der Waals surface area contributed by atoms with Crippen molar-refractivity contribution in [3.63, 3.8) is 0 Å². The summed E-state index contributed by atoms with van der Waals surface area (Å²) in [5.41, 5.74) is 5.18. The van der Waals surface area contributed by atoms with Gasteiger partial charge in [0, 0.05) is 23.9 Å². The van der Waals surface area contributed by atoms with Crippen molar-refractivity contribution in [3.8, 4) is 5.69 Å². The van der Waals surface area contributed by atoms with Gasteiger partial charge in [-0.25, -0.2) is 4.68 Å². The lowest BCUT2D eigenvalue weighted by atomic mass is 9.97. The molecule has 4 rings (SSSR count). The molecule has 2 aromatic heterocycles. The summed E-state index contributed by atoms with van der Waals surface area (Å²) in [5, 5.41) is 4.78. The molecule has 3 aromatic rings. The van der Waals surface area contributed by atoms with Crippen molar-refractivity contribution >= 4 is 5.78 Å². The number of rotatable bonds is 3. The van der Waals surface area contributed by atoms with E-state index in [1.807, 2.05) is 16.8 Å². The van der Waals surface area contributed by atoms with Gasteiger partial charge >= 0.3 is 0 Å². The fourth-order valence-corrected chi connectivity index (χ4v) is 3.23. The highest BCUT2D eigenvalue weighted by atomic mass is 16.1. The van der Waals surface area contributed by atoms with Gasteiger partial charge in [0.25, 0.3) is 0 Å². The Kier molecular flexibility index (Phi) is 3.30. The fraction of sp³-hybridized carbons (Fsp3) is 0.211. The van der Waals surface area contributed by atoms with Crippen molar-refractivity contribution in [3.05, 3.63) is 77.4 Å². The molecular formula is C19H17N3O. The molecule has 23 heavy (non-hydrogen) atoms. The van der Waals surface area contributed by atoms with Crippen molar-refractivity contribution in [1.82, 2.24) is 14.8 Å². The van der Waals surface area contributed by atoms with Crippen LogP contribution in [0.5, 0.6) is 0 Å². The van der Waals surface area contributed by atoms with Crippen LogP contribution >= 0.6 is 0 Å². The molecular weight excluding hydrogens is 286 g/mol. The third kappa shape index (κ3) is 2.46. The predicted molar refractivity (Wildman–Crippen MR) is 88.0 cm³/mol. The molecule has 1 unspecified atom stereocenters. The molecule has 0 amide bonds. The smallest absolute Gasteiger partial charge is 0.161 e. The summed E-state index contributed by atoms with van der Waals surface area (Å²) in [7, 11) is 0. The zero-order valence-corrected chi connectivity index (χ0v) is 12.9. The Bertz CT molecular complexity index is 867. The molecule has 0 spiro atoms. The van der Waals surface area contributed by atoms with Gasteiger partial charge in [-0.2, -0.15) is 5.10 Å². The molecule has 1 aromatic carbocycles. The third-order valence-electron chi connectivity index (χ3n) is 4.45. The van der Waals surface area contributed by atoms with Gasteiger partial charge in [0.15, 0.2) is 5.78 Å². The first-order chi connectivity index (χ1) is 11.2. The highest BCUT2D eigenvalue weighted by Crippen LogP contribution is 2.37. The summed E-state index contributed by atoms with van der Waals surface area (Å²) in [4.78, 5) is 15.7. The van der Waals surface area contributed by atoms with Crippen LogP contribution in [-0.4, -0.2) is 20.5 Å². The van der Waals surface area contributed by atoms with Gasteiger partial charge in [-0.05, 0) is 37.0 Å². The number of carbonyl (C=O) groups excluding carboxylic acids is 1. The molecule has 0 aliphatic heterocycles. The average Bonchev–Trinajstić information content (AvgIpc) is 3.16. The standard InChI is InChI=1S/C19H17N3O/c1-13(23)16-9-17(11-20-10-16)22-12-15-7-8-18(19(15)21-22)14-5-3-2-4-6-14/h2-6,9-12,18H,7-8H2,1H3. The van der Waals surface area contributed by atoms with Crippen LogP contribution in [0.2, 0.25) is 0 Å². The van der Waals surface area contributed by atoms with Crippen molar-refractivity contribution in [2.45, 2.75) is 25.7 Å². The lowest BCUT2D eigenvalue weighted by Gasteiger charge is -2.10. The van der Waals surface area contributed by atoms with Gasteiger partial charge in [-0.3, -0.25) is 9.78 Å². The monoisotopic (exact) mass is 303 g/mol. The zero-order valence-electron chi connectivity index (χ0n) is 12.9. The number of fused-ring (bicyclic) bond motifs is 1. The van der Waals surface area contributed by atoms with Gasteiger partial charge in [-0.15, -0.1) is 0 Å². The zero-order chi connectivity index (χ0) is 15.8. The lowest BCUT2D eigenvalue weighted by molar-refractivity contribution is 0.101. The van der Waals surface area contributed by atoms with Gasteiger partial charge in [-0.1, -0.05) is 30.3 Å². The summed E-state index contributed by atoms with van der Waals surface area (Å²) in [6, 6.07) is 12.4. The normalized spacial score (nSPS) is 16.3. The van der Waals surface area contributed by atoms with Crippen LogP contribution < -0.4 is 0 Å². The first-order valence-corrected chi connectivity index (χ1v) is 7.82. The molecule has 0 saturated carbocycles. The van der Waals surface area contributed by atoms with Crippen LogP contribution in [0.15, 0.2) is 55.0 Å². The minimum atomic E-state index is 0.0150. The quantitative estimate of drug-likeness (QED) is 0.695. The maximum atomic E-state index is 11.5. The van der Waals surface area contributed by atoms with Crippen LogP contribution in [0.25, 0.3) is 5.69 Å². The predicted octanol–water partition coefficient (Wildman–Crippen LogP) is 3.55. The second kappa shape index (κ2) is 5.47. The molecule has 0 radical (unpaired) electrons. The second-order valence-electron chi connectivity index (χ2n) is 5.97. The first-order valence-electron chi connectivity index (χ1n) is 7.82.